The summed E-state index contributed by atoms with van der Waals surface area (Å²) in [6.07, 6.45) is 9.52. The maximum Gasteiger partial charge on any atom is 0.236 e. The van der Waals surface area contributed by atoms with Gasteiger partial charge in [0.2, 0.25) is 11.8 Å². The highest BCUT2D eigenvalue weighted by Gasteiger charge is 2.33. The van der Waals surface area contributed by atoms with Crippen LogP contribution in [0.4, 0.5) is 5.82 Å². The highest BCUT2D eigenvalue weighted by molar-refractivity contribution is 5.95. The molecule has 0 N–H and O–H groups in total. The number of carbonyl (C=O) groups excluding carboxylic acids is 2. The largest absolute Gasteiger partial charge is 0.341 e. The zero-order chi connectivity index (χ0) is 22.0. The van der Waals surface area contributed by atoms with Crippen molar-refractivity contribution in [1.29, 1.82) is 0 Å². The molecule has 7 heteroatoms. The van der Waals surface area contributed by atoms with Crippen molar-refractivity contribution in [2.75, 3.05) is 45.2 Å². The van der Waals surface area contributed by atoms with Crippen molar-refractivity contribution in [2.24, 2.45) is 5.92 Å². The molecule has 3 aliphatic rings. The van der Waals surface area contributed by atoms with Crippen LogP contribution in [0.15, 0.2) is 0 Å². The summed E-state index contributed by atoms with van der Waals surface area (Å²) in [5.74, 6) is 2.74. The summed E-state index contributed by atoms with van der Waals surface area (Å²) >= 11 is 0. The van der Waals surface area contributed by atoms with Crippen molar-refractivity contribution in [3.63, 3.8) is 0 Å². The Bertz CT molecular complexity index is 818. The van der Waals surface area contributed by atoms with E-state index in [9.17, 15) is 9.59 Å². The maximum absolute atomic E-state index is 12.9. The molecule has 170 valence electrons. The molecule has 2 fully saturated rings. The number of likely N-dealkylation sites (N-methyl/N-ethyl adjacent to an activating group) is 1. The lowest BCUT2D eigenvalue weighted by atomic mass is 9.88. The van der Waals surface area contributed by atoms with E-state index in [4.69, 9.17) is 9.97 Å². The first-order valence-electron chi connectivity index (χ1n) is 12.0. The van der Waals surface area contributed by atoms with Gasteiger partial charge in [0.15, 0.2) is 0 Å². The lowest BCUT2D eigenvalue weighted by Crippen LogP contribution is -2.44. The van der Waals surface area contributed by atoms with Gasteiger partial charge < -0.3 is 9.80 Å². The van der Waals surface area contributed by atoms with Gasteiger partial charge in [0.05, 0.1) is 6.54 Å². The summed E-state index contributed by atoms with van der Waals surface area (Å²) in [5.41, 5.74) is 2.13. The molecule has 0 spiro atoms. The summed E-state index contributed by atoms with van der Waals surface area (Å²) in [6.45, 7) is 4.75. The van der Waals surface area contributed by atoms with E-state index < -0.39 is 0 Å². The summed E-state index contributed by atoms with van der Waals surface area (Å²) in [5, 5.41) is 0. The van der Waals surface area contributed by atoms with Gasteiger partial charge in [0, 0.05) is 43.2 Å². The maximum atomic E-state index is 12.9. The third kappa shape index (κ3) is 5.08. The van der Waals surface area contributed by atoms with Crippen LogP contribution in [-0.4, -0.2) is 71.9 Å². The van der Waals surface area contributed by atoms with E-state index in [1.54, 1.807) is 0 Å². The molecule has 7 nitrogen and oxygen atoms in total. The first-order valence-corrected chi connectivity index (χ1v) is 12.0. The van der Waals surface area contributed by atoms with Gasteiger partial charge in [-0.25, -0.2) is 9.97 Å². The third-order valence-corrected chi connectivity index (χ3v) is 7.11. The van der Waals surface area contributed by atoms with Crippen LogP contribution in [0.3, 0.4) is 0 Å². The average Bonchev–Trinajstić information content (AvgIpc) is 2.76. The number of amides is 2. The zero-order valence-electron chi connectivity index (χ0n) is 19.4. The molecule has 1 aliphatic carbocycles. The van der Waals surface area contributed by atoms with E-state index in [0.717, 1.165) is 55.3 Å². The summed E-state index contributed by atoms with van der Waals surface area (Å²) < 4.78 is 0. The van der Waals surface area contributed by atoms with Crippen LogP contribution in [0.2, 0.25) is 0 Å². The lowest BCUT2D eigenvalue weighted by molar-refractivity contribution is -0.133. The SMILES string of the molecule is Cc1nc(C2CCCN(C(=O)CN(C)C)C2)nc2c1CCC(=O)N2CC1CCCCC1. The minimum absolute atomic E-state index is 0.137. The van der Waals surface area contributed by atoms with Gasteiger partial charge in [-0.3, -0.25) is 14.5 Å². The van der Waals surface area contributed by atoms with Crippen LogP contribution >= 0.6 is 0 Å². The molecule has 1 atom stereocenters. The Morgan fingerprint density at radius 3 is 2.58 bits per heavy atom. The molecule has 1 saturated carbocycles. The van der Waals surface area contributed by atoms with Crippen LogP contribution in [-0.2, 0) is 16.0 Å². The van der Waals surface area contributed by atoms with Crippen molar-refractivity contribution < 1.29 is 9.59 Å². The number of fused-ring (bicyclic) bond motifs is 1. The molecule has 1 aromatic heterocycles. The molecule has 31 heavy (non-hydrogen) atoms. The molecule has 1 aromatic rings. The van der Waals surface area contributed by atoms with Crippen molar-refractivity contribution in [3.05, 3.63) is 17.1 Å². The van der Waals surface area contributed by atoms with Crippen LogP contribution in [0.1, 0.15) is 74.4 Å². The topological polar surface area (TPSA) is 69.6 Å². The van der Waals surface area contributed by atoms with Gasteiger partial charge in [0.1, 0.15) is 11.6 Å². The standard InChI is InChI=1S/C24H37N5O2/c1-17-20-11-12-21(30)29(14-18-8-5-4-6-9-18)24(20)26-23(25-17)19-10-7-13-28(15-19)22(31)16-27(2)3/h18-19H,4-16H2,1-3H3. The molecule has 2 amide bonds. The van der Waals surface area contributed by atoms with Crippen molar-refractivity contribution in [2.45, 2.75) is 70.6 Å². The fourth-order valence-corrected chi connectivity index (χ4v) is 5.39. The smallest absolute Gasteiger partial charge is 0.236 e. The van der Waals surface area contributed by atoms with E-state index >= 15 is 0 Å². The predicted molar refractivity (Wildman–Crippen MR) is 121 cm³/mol. The first-order chi connectivity index (χ1) is 14.9. The molecule has 0 aromatic carbocycles. The fourth-order valence-electron chi connectivity index (χ4n) is 5.39. The second-order valence-corrected chi connectivity index (χ2v) is 9.89. The van der Waals surface area contributed by atoms with Gasteiger partial charge in [-0.1, -0.05) is 19.3 Å². The Hall–Kier alpha value is -2.02. The molecule has 0 radical (unpaired) electrons. The molecule has 4 rings (SSSR count). The van der Waals surface area contributed by atoms with E-state index in [1.165, 1.54) is 32.1 Å². The third-order valence-electron chi connectivity index (χ3n) is 7.11. The van der Waals surface area contributed by atoms with Crippen LogP contribution in [0, 0.1) is 12.8 Å². The number of anilines is 1. The van der Waals surface area contributed by atoms with Gasteiger partial charge in [0.25, 0.3) is 0 Å². The number of likely N-dealkylation sites (tertiary alicyclic amines) is 1. The van der Waals surface area contributed by atoms with Gasteiger partial charge in [-0.2, -0.15) is 0 Å². The van der Waals surface area contributed by atoms with Crippen LogP contribution in [0.5, 0.6) is 0 Å². The van der Waals surface area contributed by atoms with E-state index in [-0.39, 0.29) is 17.7 Å². The highest BCUT2D eigenvalue weighted by Crippen LogP contribution is 2.34. The van der Waals surface area contributed by atoms with E-state index in [1.807, 2.05) is 28.8 Å². The van der Waals surface area contributed by atoms with E-state index in [0.29, 0.717) is 25.4 Å². The Kier molecular flexibility index (Phi) is 6.89. The van der Waals surface area contributed by atoms with Crippen molar-refractivity contribution >= 4 is 17.6 Å². The first kappa shape index (κ1) is 22.2. The Balaban J connectivity index is 1.56. The fraction of sp³-hybridized carbons (Fsp3) is 0.750. The van der Waals surface area contributed by atoms with Gasteiger partial charge >= 0.3 is 0 Å². The quantitative estimate of drug-likeness (QED) is 0.723. The molecule has 1 unspecified atom stereocenters. The van der Waals surface area contributed by atoms with Crippen molar-refractivity contribution in [3.8, 4) is 0 Å². The monoisotopic (exact) mass is 427 g/mol. The summed E-state index contributed by atoms with van der Waals surface area (Å²) in [4.78, 5) is 41.2. The molecule has 0 bridgehead atoms. The van der Waals surface area contributed by atoms with Gasteiger partial charge in [-0.05, 0) is 59.0 Å². The number of nitrogens with zero attached hydrogens (tertiary/aromatic N) is 5. The number of rotatable bonds is 5. The number of aromatic nitrogens is 2. The minimum Gasteiger partial charge on any atom is -0.341 e. The second-order valence-electron chi connectivity index (χ2n) is 9.89. The molecule has 2 aliphatic heterocycles. The average molecular weight is 428 g/mol. The van der Waals surface area contributed by atoms with E-state index in [2.05, 4.69) is 6.92 Å². The molecular weight excluding hydrogens is 390 g/mol. The summed E-state index contributed by atoms with van der Waals surface area (Å²) in [7, 11) is 3.85. The number of aryl methyl sites for hydroxylation is 1. The highest BCUT2D eigenvalue weighted by atomic mass is 16.2. The Morgan fingerprint density at radius 1 is 1.06 bits per heavy atom. The lowest BCUT2D eigenvalue weighted by Gasteiger charge is -2.35. The molecular formula is C24H37N5O2. The molecule has 3 heterocycles. The number of piperidine rings is 1. The van der Waals surface area contributed by atoms with Crippen LogP contribution in [0.25, 0.3) is 0 Å². The predicted octanol–water partition coefficient (Wildman–Crippen LogP) is 2.91. The second kappa shape index (κ2) is 9.63. The normalized spacial score (nSPS) is 22.7. The zero-order valence-corrected chi connectivity index (χ0v) is 19.4. The summed E-state index contributed by atoms with van der Waals surface area (Å²) in [6, 6.07) is 0. The van der Waals surface area contributed by atoms with Crippen molar-refractivity contribution in [1.82, 2.24) is 19.8 Å². The minimum atomic E-state index is 0.137. The van der Waals surface area contributed by atoms with Crippen LogP contribution < -0.4 is 4.90 Å². The number of carbonyl (C=O) groups is 2. The molecule has 1 saturated heterocycles. The Labute approximate surface area is 186 Å². The number of hydrogen-bond acceptors (Lipinski definition) is 5. The van der Waals surface area contributed by atoms with Gasteiger partial charge in [-0.15, -0.1) is 0 Å². The number of hydrogen-bond donors (Lipinski definition) is 0. The Morgan fingerprint density at radius 2 is 1.84 bits per heavy atom.